The zero-order valence-electron chi connectivity index (χ0n) is 11.2. The summed E-state index contributed by atoms with van der Waals surface area (Å²) >= 11 is 0. The van der Waals surface area contributed by atoms with Gasteiger partial charge in [0.05, 0.1) is 0 Å². The fourth-order valence-electron chi connectivity index (χ4n) is 1.12. The predicted molar refractivity (Wildman–Crippen MR) is 73.0 cm³/mol. The topological polar surface area (TPSA) is 6.48 Å². The molecule has 89 valence electrons. The van der Waals surface area contributed by atoms with Gasteiger partial charge in [0.2, 0.25) is 8.80 Å². The molecule has 0 rings (SSSR count). The first-order chi connectivity index (χ1) is 7.67. The molecule has 0 unspecified atom stereocenters. The quantitative estimate of drug-likeness (QED) is 0.416. The Bertz CT molecular complexity index is 255. The molecule has 0 saturated heterocycles. The van der Waals surface area contributed by atoms with Gasteiger partial charge in [-0.1, -0.05) is 11.1 Å². The van der Waals surface area contributed by atoms with E-state index in [-0.39, 0.29) is 0 Å². The van der Waals surface area contributed by atoms with Crippen LogP contribution in [0.1, 0.15) is 27.7 Å². The van der Waals surface area contributed by atoms with E-state index >= 15 is 0 Å². The van der Waals surface area contributed by atoms with Crippen molar-refractivity contribution in [3.63, 3.8) is 0 Å². The maximum absolute atomic E-state index is 3.27. The van der Waals surface area contributed by atoms with Gasteiger partial charge in [0, 0.05) is 38.3 Å². The zero-order valence-corrected chi connectivity index (χ0v) is 12.2. The minimum absolute atomic E-state index is 0.825. The lowest BCUT2D eigenvalue weighted by Crippen LogP contribution is -2.18. The van der Waals surface area contributed by atoms with E-state index in [1.54, 1.807) is 0 Å². The minimum atomic E-state index is -0.825. The van der Waals surface area contributed by atoms with Crippen LogP contribution in [0.3, 0.4) is 0 Å². The molecule has 0 atom stereocenters. The summed E-state index contributed by atoms with van der Waals surface area (Å²) in [6.07, 6.45) is 0. The lowest BCUT2D eigenvalue weighted by atomic mass is 10.6. The molecule has 0 amide bonds. The minimum Gasteiger partial charge on any atom is -0.334 e. The van der Waals surface area contributed by atoms with E-state index in [0.717, 1.165) is 26.2 Å². The second-order valence-electron chi connectivity index (χ2n) is 3.44. The van der Waals surface area contributed by atoms with E-state index in [9.17, 15) is 0 Å². The van der Waals surface area contributed by atoms with Crippen LogP contribution < -0.4 is 0 Å². The van der Waals surface area contributed by atoms with Gasteiger partial charge in [0.15, 0.2) is 0 Å². The molecule has 0 saturated carbocycles. The molecule has 2 nitrogen and oxygen atoms in total. The number of nitrogens with zero attached hydrogens (tertiary/aromatic N) is 2. The third-order valence-corrected chi connectivity index (χ3v) is 3.30. The molecule has 0 aliphatic carbocycles. The molecule has 16 heavy (non-hydrogen) atoms. The standard InChI is InChI=1S/C13H23N2Si/c1-6-14(7-2)10-12-16(5)13-11-15(8-3)9-4/h6-9H2,1-5H3. The summed E-state index contributed by atoms with van der Waals surface area (Å²) in [6, 6.07) is 6.37. The van der Waals surface area contributed by atoms with Gasteiger partial charge in [0.25, 0.3) is 0 Å². The van der Waals surface area contributed by atoms with Crippen molar-refractivity contribution in [1.82, 2.24) is 9.80 Å². The van der Waals surface area contributed by atoms with E-state index in [1.807, 2.05) is 0 Å². The van der Waals surface area contributed by atoms with Gasteiger partial charge in [-0.3, -0.25) is 0 Å². The van der Waals surface area contributed by atoms with Gasteiger partial charge in [-0.15, -0.1) is 0 Å². The van der Waals surface area contributed by atoms with E-state index in [4.69, 9.17) is 0 Å². The molecule has 1 radical (unpaired) electrons. The molecule has 0 heterocycles. The van der Waals surface area contributed by atoms with Gasteiger partial charge in [0.1, 0.15) is 0 Å². The Morgan fingerprint density at radius 1 is 0.750 bits per heavy atom. The molecule has 0 aromatic rings. The Kier molecular flexibility index (Phi) is 8.57. The number of rotatable bonds is 4. The molecular weight excluding hydrogens is 212 g/mol. The van der Waals surface area contributed by atoms with Crippen molar-refractivity contribution in [3.05, 3.63) is 0 Å². The first-order valence-electron chi connectivity index (χ1n) is 6.04. The van der Waals surface area contributed by atoms with Crippen LogP contribution in [-0.4, -0.2) is 44.8 Å². The molecular formula is C13H23N2Si. The average Bonchev–Trinajstić information content (AvgIpc) is 2.31. The second-order valence-corrected chi connectivity index (χ2v) is 5.19. The largest absolute Gasteiger partial charge is 0.334 e. The van der Waals surface area contributed by atoms with Crippen LogP contribution in [-0.2, 0) is 0 Å². The lowest BCUT2D eigenvalue weighted by Gasteiger charge is -2.11. The molecule has 0 aromatic carbocycles. The Balaban J connectivity index is 4.29. The molecule has 0 N–H and O–H groups in total. The summed E-state index contributed by atoms with van der Waals surface area (Å²) < 4.78 is 0. The Labute approximate surface area is 103 Å². The van der Waals surface area contributed by atoms with Gasteiger partial charge in [-0.25, -0.2) is 0 Å². The normalized spacial score (nSPS) is 8.88. The first kappa shape index (κ1) is 14.9. The van der Waals surface area contributed by atoms with Crippen molar-refractivity contribution < 1.29 is 0 Å². The molecule has 0 aromatic heterocycles. The van der Waals surface area contributed by atoms with E-state index in [1.165, 1.54) is 0 Å². The summed E-state index contributed by atoms with van der Waals surface area (Å²) in [5.74, 6) is 0. The van der Waals surface area contributed by atoms with Crippen LogP contribution in [0.2, 0.25) is 6.55 Å². The molecule has 0 aliphatic rings. The van der Waals surface area contributed by atoms with Crippen molar-refractivity contribution in [2.75, 3.05) is 26.2 Å². The SMILES string of the molecule is CCN(C#C[Si](C)C#CN(CC)CC)CC. The van der Waals surface area contributed by atoms with Crippen LogP contribution >= 0.6 is 0 Å². The Morgan fingerprint density at radius 3 is 1.31 bits per heavy atom. The molecule has 0 spiro atoms. The van der Waals surface area contributed by atoms with Crippen molar-refractivity contribution in [2.24, 2.45) is 0 Å². The molecule has 3 heteroatoms. The van der Waals surface area contributed by atoms with Gasteiger partial charge in [-0.2, -0.15) is 0 Å². The zero-order chi connectivity index (χ0) is 12.4. The summed E-state index contributed by atoms with van der Waals surface area (Å²) in [5.41, 5.74) is 6.53. The third kappa shape index (κ3) is 6.43. The highest BCUT2D eigenvalue weighted by atomic mass is 28.3. The molecule has 0 bridgehead atoms. The fraction of sp³-hybridized carbons (Fsp3) is 0.692. The highest BCUT2D eigenvalue weighted by Crippen LogP contribution is 1.85. The average molecular weight is 235 g/mol. The van der Waals surface area contributed by atoms with Gasteiger partial charge in [-0.05, 0) is 34.2 Å². The summed E-state index contributed by atoms with van der Waals surface area (Å²) in [6.45, 7) is 14.6. The summed E-state index contributed by atoms with van der Waals surface area (Å²) in [4.78, 5) is 4.24. The maximum atomic E-state index is 3.27. The van der Waals surface area contributed by atoms with Crippen molar-refractivity contribution in [1.29, 1.82) is 0 Å². The highest BCUT2D eigenvalue weighted by Gasteiger charge is 1.96. The van der Waals surface area contributed by atoms with Crippen LogP contribution in [0.25, 0.3) is 0 Å². The summed E-state index contributed by atoms with van der Waals surface area (Å²) in [7, 11) is -0.825. The van der Waals surface area contributed by atoms with Gasteiger partial charge < -0.3 is 9.80 Å². The smallest absolute Gasteiger partial charge is 0.235 e. The van der Waals surface area contributed by atoms with Crippen LogP contribution in [0, 0.1) is 23.2 Å². The van der Waals surface area contributed by atoms with E-state index < -0.39 is 8.80 Å². The predicted octanol–water partition coefficient (Wildman–Crippen LogP) is 1.79. The van der Waals surface area contributed by atoms with Crippen molar-refractivity contribution >= 4 is 8.80 Å². The highest BCUT2D eigenvalue weighted by molar-refractivity contribution is 6.74. The number of hydrogen-bond donors (Lipinski definition) is 0. The van der Waals surface area contributed by atoms with Crippen molar-refractivity contribution in [3.8, 4) is 23.2 Å². The van der Waals surface area contributed by atoms with Crippen molar-refractivity contribution in [2.45, 2.75) is 34.2 Å². The maximum Gasteiger partial charge on any atom is 0.235 e. The monoisotopic (exact) mass is 235 g/mol. The van der Waals surface area contributed by atoms with Crippen LogP contribution in [0.4, 0.5) is 0 Å². The third-order valence-electron chi connectivity index (χ3n) is 2.33. The van der Waals surface area contributed by atoms with E-state index in [0.29, 0.717) is 0 Å². The van der Waals surface area contributed by atoms with Crippen LogP contribution in [0.15, 0.2) is 0 Å². The molecule has 0 aliphatic heterocycles. The number of hydrogen-bond acceptors (Lipinski definition) is 2. The Hall–Kier alpha value is -1.06. The lowest BCUT2D eigenvalue weighted by molar-refractivity contribution is 0.444. The fourth-order valence-corrected chi connectivity index (χ4v) is 1.83. The second kappa shape index (κ2) is 9.18. The van der Waals surface area contributed by atoms with Crippen LogP contribution in [0.5, 0.6) is 0 Å². The Morgan fingerprint density at radius 2 is 1.06 bits per heavy atom. The molecule has 0 fully saturated rings. The first-order valence-corrected chi connectivity index (χ1v) is 8.04. The van der Waals surface area contributed by atoms with E-state index in [2.05, 4.69) is 67.2 Å². The van der Waals surface area contributed by atoms with Gasteiger partial charge >= 0.3 is 0 Å². The summed E-state index contributed by atoms with van der Waals surface area (Å²) in [5, 5.41) is 0.